The van der Waals surface area contributed by atoms with Crippen molar-refractivity contribution in [2.75, 3.05) is 0 Å². The number of aryl methyl sites for hydroxylation is 1. The summed E-state index contributed by atoms with van der Waals surface area (Å²) in [4.78, 5) is 11.7. The summed E-state index contributed by atoms with van der Waals surface area (Å²) in [6, 6.07) is 6.96. The van der Waals surface area contributed by atoms with E-state index in [9.17, 15) is 23.8 Å². The van der Waals surface area contributed by atoms with Gasteiger partial charge in [-0.1, -0.05) is 0 Å². The Balaban J connectivity index is 1.99. The highest BCUT2D eigenvalue weighted by Gasteiger charge is 2.06. The Morgan fingerprint density at radius 3 is 2.36 bits per heavy atom. The van der Waals surface area contributed by atoms with Gasteiger partial charge in [-0.05, 0) is 60.5 Å². The fraction of sp³-hybridized carbons (Fsp3) is 0.118. The number of benzene rings is 2. The van der Waals surface area contributed by atoms with Gasteiger partial charge in [-0.25, -0.2) is 8.78 Å². The Morgan fingerprint density at radius 2 is 1.64 bits per heavy atom. The second-order valence-corrected chi connectivity index (χ2v) is 4.78. The summed E-state index contributed by atoms with van der Waals surface area (Å²) >= 11 is 0. The van der Waals surface area contributed by atoms with Crippen LogP contribution in [-0.4, -0.2) is 16.0 Å². The van der Waals surface area contributed by atoms with E-state index in [1.165, 1.54) is 30.4 Å². The highest BCUT2D eigenvalue weighted by atomic mass is 19.1. The van der Waals surface area contributed by atoms with Gasteiger partial charge in [0, 0.05) is 12.0 Å². The molecule has 0 aliphatic heterocycles. The molecule has 0 atom stereocenters. The summed E-state index contributed by atoms with van der Waals surface area (Å²) in [7, 11) is 0. The van der Waals surface area contributed by atoms with Crippen LogP contribution in [0.15, 0.2) is 42.5 Å². The molecule has 5 heteroatoms. The molecule has 0 saturated heterocycles. The predicted molar refractivity (Wildman–Crippen MR) is 78.5 cm³/mol. The van der Waals surface area contributed by atoms with E-state index in [4.69, 9.17) is 0 Å². The summed E-state index contributed by atoms with van der Waals surface area (Å²) in [6.45, 7) is 0. The Bertz CT molecular complexity index is 724. The maximum absolute atomic E-state index is 13.0. The number of aromatic hydroxyl groups is 2. The molecule has 0 aliphatic rings. The summed E-state index contributed by atoms with van der Waals surface area (Å²) in [5.41, 5.74) is 0.539. The number of hydrogen-bond acceptors (Lipinski definition) is 3. The van der Waals surface area contributed by atoms with Gasteiger partial charge in [0.15, 0.2) is 5.78 Å². The Kier molecular flexibility index (Phi) is 4.88. The fourth-order valence-corrected chi connectivity index (χ4v) is 1.94. The topological polar surface area (TPSA) is 57.5 Å². The zero-order valence-electron chi connectivity index (χ0n) is 11.6. The Morgan fingerprint density at radius 1 is 1.00 bits per heavy atom. The molecule has 2 aromatic carbocycles. The van der Waals surface area contributed by atoms with Crippen LogP contribution in [0.25, 0.3) is 6.08 Å². The van der Waals surface area contributed by atoms with Crippen molar-refractivity contribution in [1.82, 2.24) is 0 Å². The molecule has 0 aliphatic carbocycles. The lowest BCUT2D eigenvalue weighted by Crippen LogP contribution is -1.97. The number of ketones is 1. The van der Waals surface area contributed by atoms with Gasteiger partial charge >= 0.3 is 0 Å². The predicted octanol–water partition coefficient (Wildman–Crippen LogP) is 3.59. The quantitative estimate of drug-likeness (QED) is 0.830. The van der Waals surface area contributed by atoms with Gasteiger partial charge in [0.25, 0.3) is 0 Å². The molecule has 0 spiro atoms. The number of hydrogen-bond donors (Lipinski definition) is 2. The molecule has 22 heavy (non-hydrogen) atoms. The van der Waals surface area contributed by atoms with Crippen LogP contribution in [0.4, 0.5) is 8.78 Å². The van der Waals surface area contributed by atoms with Gasteiger partial charge in [0.05, 0.1) is 0 Å². The van der Waals surface area contributed by atoms with E-state index in [0.29, 0.717) is 5.56 Å². The number of carbonyl (C=O) groups excluding carboxylic acids is 1. The van der Waals surface area contributed by atoms with E-state index in [1.807, 2.05) is 0 Å². The first-order chi connectivity index (χ1) is 10.5. The monoisotopic (exact) mass is 304 g/mol. The van der Waals surface area contributed by atoms with Gasteiger partial charge in [0.1, 0.15) is 23.1 Å². The van der Waals surface area contributed by atoms with Gasteiger partial charge < -0.3 is 10.2 Å². The molecule has 114 valence electrons. The molecule has 3 nitrogen and oxygen atoms in total. The maximum atomic E-state index is 13.0. The molecule has 0 aromatic heterocycles. The average Bonchev–Trinajstić information content (AvgIpc) is 2.49. The molecular weight excluding hydrogens is 290 g/mol. The Hall–Kier alpha value is -2.69. The lowest BCUT2D eigenvalue weighted by molar-refractivity contribution is -0.114. The van der Waals surface area contributed by atoms with Crippen LogP contribution in [0.5, 0.6) is 11.5 Å². The fourth-order valence-electron chi connectivity index (χ4n) is 1.94. The van der Waals surface area contributed by atoms with Crippen molar-refractivity contribution in [3.8, 4) is 11.5 Å². The average molecular weight is 304 g/mol. The van der Waals surface area contributed by atoms with Crippen molar-refractivity contribution in [3.63, 3.8) is 0 Å². The van der Waals surface area contributed by atoms with Crippen LogP contribution in [0.1, 0.15) is 17.5 Å². The molecule has 2 rings (SSSR count). The molecule has 0 saturated carbocycles. The third-order valence-corrected chi connectivity index (χ3v) is 3.12. The number of allylic oxidation sites excluding steroid dienone is 1. The molecule has 0 bridgehead atoms. The Labute approximate surface area is 126 Å². The summed E-state index contributed by atoms with van der Waals surface area (Å²) in [5, 5.41) is 19.1. The van der Waals surface area contributed by atoms with Crippen molar-refractivity contribution >= 4 is 11.9 Å². The van der Waals surface area contributed by atoms with Crippen LogP contribution in [0, 0.1) is 11.6 Å². The minimum atomic E-state index is -0.519. The second-order valence-electron chi connectivity index (χ2n) is 4.78. The van der Waals surface area contributed by atoms with Crippen molar-refractivity contribution in [1.29, 1.82) is 0 Å². The summed E-state index contributed by atoms with van der Waals surface area (Å²) in [6.07, 6.45) is 2.77. The maximum Gasteiger partial charge on any atom is 0.156 e. The van der Waals surface area contributed by atoms with Crippen LogP contribution >= 0.6 is 0 Å². The second kappa shape index (κ2) is 6.85. The molecule has 0 heterocycles. The first-order valence-electron chi connectivity index (χ1n) is 6.62. The van der Waals surface area contributed by atoms with E-state index in [1.54, 1.807) is 0 Å². The summed E-state index contributed by atoms with van der Waals surface area (Å²) in [5.74, 6) is -1.49. The molecule has 2 N–H and O–H groups in total. The first kappa shape index (κ1) is 15.7. The third kappa shape index (κ3) is 4.15. The number of phenols is 2. The van der Waals surface area contributed by atoms with E-state index < -0.39 is 11.6 Å². The molecule has 0 amide bonds. The van der Waals surface area contributed by atoms with Crippen LogP contribution in [0.3, 0.4) is 0 Å². The van der Waals surface area contributed by atoms with Crippen molar-refractivity contribution < 1.29 is 23.8 Å². The molecule has 0 fully saturated rings. The van der Waals surface area contributed by atoms with Gasteiger partial charge in [-0.15, -0.1) is 0 Å². The lowest BCUT2D eigenvalue weighted by Gasteiger charge is -2.03. The zero-order chi connectivity index (χ0) is 16.1. The molecule has 2 aromatic rings. The highest BCUT2D eigenvalue weighted by Crippen LogP contribution is 2.21. The normalized spacial score (nSPS) is 11.0. The number of halogens is 2. The smallest absolute Gasteiger partial charge is 0.156 e. The number of carbonyl (C=O) groups is 1. The highest BCUT2D eigenvalue weighted by molar-refractivity contribution is 5.94. The van der Waals surface area contributed by atoms with Crippen molar-refractivity contribution in [2.24, 2.45) is 0 Å². The van der Waals surface area contributed by atoms with E-state index in [2.05, 4.69) is 0 Å². The standard InChI is InChI=1S/C17H14F2O3/c18-13-3-7-16(21)11(9-13)1-5-15(20)6-2-12-10-14(19)4-8-17(12)22/h1,3-5,7-10,21-22H,2,6H2/b5-1+. The van der Waals surface area contributed by atoms with Crippen molar-refractivity contribution in [3.05, 3.63) is 65.2 Å². The third-order valence-electron chi connectivity index (χ3n) is 3.12. The van der Waals surface area contributed by atoms with Crippen LogP contribution in [0.2, 0.25) is 0 Å². The van der Waals surface area contributed by atoms with Gasteiger partial charge in [-0.3, -0.25) is 4.79 Å². The van der Waals surface area contributed by atoms with Gasteiger partial charge in [0.2, 0.25) is 0 Å². The number of phenolic OH excluding ortho intramolecular Hbond substituents is 2. The van der Waals surface area contributed by atoms with Crippen molar-refractivity contribution in [2.45, 2.75) is 12.8 Å². The molecular formula is C17H14F2O3. The molecule has 0 unspecified atom stereocenters. The van der Waals surface area contributed by atoms with E-state index >= 15 is 0 Å². The SMILES string of the molecule is O=C(/C=C/c1cc(F)ccc1O)CCc1cc(F)ccc1O. The van der Waals surface area contributed by atoms with Crippen LogP contribution < -0.4 is 0 Å². The van der Waals surface area contributed by atoms with E-state index in [0.717, 1.165) is 18.2 Å². The minimum absolute atomic E-state index is 0.0591. The number of rotatable bonds is 5. The summed E-state index contributed by atoms with van der Waals surface area (Å²) < 4.78 is 26.1. The lowest BCUT2D eigenvalue weighted by atomic mass is 10.1. The molecule has 0 radical (unpaired) electrons. The van der Waals surface area contributed by atoms with E-state index in [-0.39, 0.29) is 35.7 Å². The first-order valence-corrected chi connectivity index (χ1v) is 6.62. The van der Waals surface area contributed by atoms with Gasteiger partial charge in [-0.2, -0.15) is 0 Å². The minimum Gasteiger partial charge on any atom is -0.508 e. The van der Waals surface area contributed by atoms with Crippen LogP contribution in [-0.2, 0) is 11.2 Å². The zero-order valence-corrected chi connectivity index (χ0v) is 11.6. The largest absolute Gasteiger partial charge is 0.508 e.